The molecule has 1 aromatic rings. The molecule has 0 radical (unpaired) electrons. The van der Waals surface area contributed by atoms with Gasteiger partial charge in [0, 0.05) is 12.2 Å². The molecule has 0 aromatic heterocycles. The summed E-state index contributed by atoms with van der Waals surface area (Å²) in [6.45, 7) is 10.6. The summed E-state index contributed by atoms with van der Waals surface area (Å²) >= 11 is 4.16. The lowest BCUT2D eigenvalue weighted by molar-refractivity contribution is -0.143. The van der Waals surface area contributed by atoms with Crippen LogP contribution in [0, 0.1) is 11.7 Å². The third kappa shape index (κ3) is 7.25. The van der Waals surface area contributed by atoms with Crippen molar-refractivity contribution in [3.8, 4) is 5.75 Å². The molecule has 1 aromatic carbocycles. The third-order valence-corrected chi connectivity index (χ3v) is 4.27. The van der Waals surface area contributed by atoms with E-state index in [0.717, 1.165) is 4.90 Å². The number of nitrogens with zero attached hydrogens (tertiary/aromatic N) is 1. The maximum Gasteiger partial charge on any atom is 0.328 e. The summed E-state index contributed by atoms with van der Waals surface area (Å²) < 4.78 is 25.2. The predicted molar refractivity (Wildman–Crippen MR) is 112 cm³/mol. The summed E-state index contributed by atoms with van der Waals surface area (Å²) in [5, 5.41) is 11.8. The molecule has 0 saturated carbocycles. The van der Waals surface area contributed by atoms with Crippen molar-refractivity contribution in [3.63, 3.8) is 0 Å². The van der Waals surface area contributed by atoms with Gasteiger partial charge in [-0.1, -0.05) is 20.4 Å². The molecule has 0 spiro atoms. The summed E-state index contributed by atoms with van der Waals surface area (Å²) in [5.74, 6) is -1.10. The summed E-state index contributed by atoms with van der Waals surface area (Å²) in [7, 11) is 1.45. The Morgan fingerprint density at radius 1 is 1.38 bits per heavy atom. The number of ether oxygens (including phenoxy) is 2. The molecule has 0 fully saturated rings. The highest BCUT2D eigenvalue weighted by molar-refractivity contribution is 7.84. The lowest BCUT2D eigenvalue weighted by atomic mass is 10.1. The molecule has 7 nitrogen and oxygen atoms in total. The first-order valence-electron chi connectivity index (χ1n) is 9.05. The summed E-state index contributed by atoms with van der Waals surface area (Å²) in [6, 6.07) is 3.30. The highest BCUT2D eigenvalue weighted by atomic mass is 32.1. The first kappa shape index (κ1) is 24.8. The highest BCUT2D eigenvalue weighted by Gasteiger charge is 2.33. The van der Waals surface area contributed by atoms with Crippen molar-refractivity contribution in [2.24, 2.45) is 5.92 Å². The molecule has 29 heavy (non-hydrogen) atoms. The van der Waals surface area contributed by atoms with Crippen molar-refractivity contribution in [2.45, 2.75) is 39.3 Å². The Balaban J connectivity index is 3.23. The Morgan fingerprint density at radius 3 is 2.48 bits per heavy atom. The van der Waals surface area contributed by atoms with Crippen LogP contribution >= 0.6 is 12.6 Å². The molecule has 0 aliphatic heterocycles. The number of nitrogens with one attached hydrogen (secondary N) is 1. The van der Waals surface area contributed by atoms with E-state index in [4.69, 9.17) is 9.47 Å². The van der Waals surface area contributed by atoms with Gasteiger partial charge in [-0.15, -0.1) is 12.6 Å². The summed E-state index contributed by atoms with van der Waals surface area (Å²) in [4.78, 5) is 25.2. The van der Waals surface area contributed by atoms with Gasteiger partial charge in [0.15, 0.2) is 0 Å². The zero-order chi connectivity index (χ0) is 22.4. The predicted octanol–water partition coefficient (Wildman–Crippen LogP) is 3.82. The number of carboxylic acid groups (broad SMARTS) is 1. The second kappa shape index (κ2) is 10.5. The van der Waals surface area contributed by atoms with Crippen LogP contribution in [-0.2, 0) is 9.53 Å². The lowest BCUT2D eigenvalue weighted by Gasteiger charge is -2.31. The van der Waals surface area contributed by atoms with E-state index in [1.54, 1.807) is 0 Å². The minimum Gasteiger partial charge on any atom is -0.496 e. The van der Waals surface area contributed by atoms with Crippen LogP contribution in [0.15, 0.2) is 29.8 Å². The van der Waals surface area contributed by atoms with Gasteiger partial charge in [0.1, 0.15) is 23.2 Å². The molecule has 2 N–H and O–H groups in total. The molecule has 1 atom stereocenters. The topological polar surface area (TPSA) is 88.1 Å². The van der Waals surface area contributed by atoms with Crippen LogP contribution in [0.3, 0.4) is 0 Å². The number of rotatable bonds is 10. The summed E-state index contributed by atoms with van der Waals surface area (Å²) in [5.41, 5.74) is -1.10. The molecule has 1 rings (SSSR count). The second-order valence-electron chi connectivity index (χ2n) is 7.49. The largest absolute Gasteiger partial charge is 0.496 e. The van der Waals surface area contributed by atoms with E-state index < -0.39 is 29.5 Å². The fraction of sp³-hybridized carbons (Fsp3) is 0.500. The highest BCUT2D eigenvalue weighted by Crippen LogP contribution is 2.31. The molecule has 0 bridgehead atoms. The van der Waals surface area contributed by atoms with Crippen molar-refractivity contribution < 1.29 is 28.6 Å². The van der Waals surface area contributed by atoms with Gasteiger partial charge in [0.2, 0.25) is 0 Å². The molecular formula is C20H29FN2O5S. The Kier molecular flexibility index (Phi) is 8.97. The van der Waals surface area contributed by atoms with Gasteiger partial charge in [-0.2, -0.15) is 0 Å². The number of benzene rings is 1. The van der Waals surface area contributed by atoms with Crippen molar-refractivity contribution in [3.05, 3.63) is 41.2 Å². The molecule has 0 aliphatic rings. The van der Waals surface area contributed by atoms with E-state index in [9.17, 15) is 19.1 Å². The van der Waals surface area contributed by atoms with Crippen LogP contribution < -0.4 is 10.1 Å². The Morgan fingerprint density at radius 2 is 2.00 bits per heavy atom. The maximum atomic E-state index is 13.9. The Hall–Kier alpha value is -2.26. The molecule has 0 saturated heterocycles. The van der Waals surface area contributed by atoms with Crippen molar-refractivity contribution in [1.82, 2.24) is 10.2 Å². The number of hydrogen-bond acceptors (Lipinski definition) is 5. The van der Waals surface area contributed by atoms with Gasteiger partial charge in [-0.3, -0.25) is 4.90 Å². The van der Waals surface area contributed by atoms with Gasteiger partial charge in [-0.25, -0.2) is 14.0 Å². The number of amides is 2. The smallest absolute Gasteiger partial charge is 0.328 e. The normalized spacial score (nSPS) is 12.4. The van der Waals surface area contributed by atoms with Crippen LogP contribution in [-0.4, -0.2) is 47.8 Å². The van der Waals surface area contributed by atoms with E-state index in [1.807, 2.05) is 13.8 Å². The number of urea groups is 1. The van der Waals surface area contributed by atoms with Crippen LogP contribution in [0.5, 0.6) is 5.75 Å². The quantitative estimate of drug-likeness (QED) is 0.493. The standard InChI is InChI=1S/C20H29FN2O5S/c1-12(2)11-28-17(15-9-14(21)7-8-16(15)27-6)10-23(13(3)29)19(26)22-20(4,5)18(24)25/h7-9,12,17,29H,3,10-11H2,1-2,4-6H3,(H,22,26)(H,24,25)/t17-/m0/s1. The van der Waals surface area contributed by atoms with Crippen molar-refractivity contribution >= 4 is 24.6 Å². The van der Waals surface area contributed by atoms with E-state index in [1.165, 1.54) is 39.2 Å². The van der Waals surface area contributed by atoms with Crippen LogP contribution in [0.25, 0.3) is 0 Å². The lowest BCUT2D eigenvalue weighted by Crippen LogP contribution is -2.54. The minimum absolute atomic E-state index is 0.0730. The minimum atomic E-state index is -1.51. The number of hydrogen-bond donors (Lipinski definition) is 3. The SMILES string of the molecule is C=C(S)N(C[C@H](OCC(C)C)c1cc(F)ccc1OC)C(=O)NC(C)(C)C(=O)O. The monoisotopic (exact) mass is 428 g/mol. The van der Waals surface area contributed by atoms with Crippen LogP contribution in [0.2, 0.25) is 0 Å². The van der Waals surface area contributed by atoms with Gasteiger partial charge in [0.25, 0.3) is 0 Å². The van der Waals surface area contributed by atoms with E-state index in [-0.39, 0.29) is 17.5 Å². The average molecular weight is 429 g/mol. The number of halogens is 1. The Bertz CT molecular complexity index is 754. The fourth-order valence-electron chi connectivity index (χ4n) is 2.37. The van der Waals surface area contributed by atoms with Gasteiger partial charge < -0.3 is 19.9 Å². The fourth-order valence-corrected chi connectivity index (χ4v) is 2.54. The molecule has 2 amide bonds. The van der Waals surface area contributed by atoms with E-state index in [0.29, 0.717) is 17.9 Å². The van der Waals surface area contributed by atoms with Crippen LogP contribution in [0.1, 0.15) is 39.4 Å². The number of aliphatic carboxylic acids is 1. The number of methoxy groups -OCH3 is 1. The molecule has 162 valence electrons. The van der Waals surface area contributed by atoms with E-state index in [2.05, 4.69) is 24.5 Å². The maximum absolute atomic E-state index is 13.9. The zero-order valence-electron chi connectivity index (χ0n) is 17.4. The average Bonchev–Trinajstić information content (AvgIpc) is 2.60. The summed E-state index contributed by atoms with van der Waals surface area (Å²) in [6.07, 6.45) is -0.759. The molecule has 0 unspecified atom stereocenters. The molecular weight excluding hydrogens is 399 g/mol. The van der Waals surface area contributed by atoms with Crippen molar-refractivity contribution in [2.75, 3.05) is 20.3 Å². The first-order chi connectivity index (χ1) is 13.4. The van der Waals surface area contributed by atoms with Crippen molar-refractivity contribution in [1.29, 1.82) is 0 Å². The number of thiol groups is 1. The van der Waals surface area contributed by atoms with Gasteiger partial charge >= 0.3 is 12.0 Å². The Labute approximate surface area is 176 Å². The number of carbonyl (C=O) groups is 2. The first-order valence-corrected chi connectivity index (χ1v) is 9.49. The number of carbonyl (C=O) groups excluding carboxylic acids is 1. The van der Waals surface area contributed by atoms with E-state index >= 15 is 0 Å². The second-order valence-corrected chi connectivity index (χ2v) is 8.01. The van der Waals surface area contributed by atoms with Crippen LogP contribution in [0.4, 0.5) is 9.18 Å². The molecule has 0 aliphatic carbocycles. The molecule has 9 heteroatoms. The molecule has 0 heterocycles. The number of carboxylic acids is 1. The van der Waals surface area contributed by atoms with Gasteiger partial charge in [-0.05, 0) is 38.0 Å². The zero-order valence-corrected chi connectivity index (χ0v) is 18.3. The third-order valence-electron chi connectivity index (χ3n) is 4.03. The van der Waals surface area contributed by atoms with Gasteiger partial charge in [0.05, 0.1) is 18.7 Å².